The molecule has 0 radical (unpaired) electrons. The van der Waals surface area contributed by atoms with E-state index in [2.05, 4.69) is 53.7 Å². The predicted octanol–water partition coefficient (Wildman–Crippen LogP) is 14.2. The maximum Gasteiger partial charge on any atom is 2.00 e. The Bertz CT molecular complexity index is 2030. The van der Waals surface area contributed by atoms with E-state index in [-0.39, 0.29) is 77.5 Å². The molecular formula is C63H100BrMgNO6. The molecule has 1 heterocycles. The monoisotopic (exact) mass is 1070 g/mol. The fourth-order valence-corrected chi connectivity index (χ4v) is 18.0. The van der Waals surface area contributed by atoms with E-state index in [1.807, 2.05) is 55.5 Å². The molecule has 402 valence electrons. The van der Waals surface area contributed by atoms with Crippen molar-refractivity contribution in [1.29, 1.82) is 0 Å². The molecule has 0 spiro atoms. The number of hydrogen-bond donors (Lipinski definition) is 2. The summed E-state index contributed by atoms with van der Waals surface area (Å²) in [6.07, 6.45) is 24.1. The molecule has 2 N–H and O–H groups in total. The van der Waals surface area contributed by atoms with Gasteiger partial charge in [0.25, 0.3) is 0 Å². The molecule has 1 saturated heterocycles. The topological polar surface area (TPSA) is 96.3 Å². The van der Waals surface area contributed by atoms with E-state index >= 15 is 0 Å². The zero-order valence-electron chi connectivity index (χ0n) is 46.6. The summed E-state index contributed by atoms with van der Waals surface area (Å²) in [5.74, 6) is 6.92. The number of carbonyl (C=O) groups is 2. The van der Waals surface area contributed by atoms with Crippen molar-refractivity contribution in [2.45, 2.75) is 195 Å². The number of benzene rings is 2. The Kier molecular flexibility index (Phi) is 21.2. The second-order valence-corrected chi connectivity index (χ2v) is 26.0. The number of rotatable bonds is 5. The van der Waals surface area contributed by atoms with Crippen LogP contribution in [0, 0.1) is 87.8 Å². The molecule has 16 atom stereocenters. The summed E-state index contributed by atoms with van der Waals surface area (Å²) in [6.45, 7) is 19.8. The first-order chi connectivity index (χ1) is 32.7. The molecular weight excluding hydrogens is 971 g/mol. The van der Waals surface area contributed by atoms with Crippen LogP contribution in [0.2, 0.25) is 0 Å². The normalized spacial score (nSPS) is 41.9. The minimum absolute atomic E-state index is 0. The third-order valence-electron chi connectivity index (χ3n) is 22.1. The molecule has 2 aromatic rings. The molecule has 8 aliphatic carbocycles. The molecule has 8 saturated carbocycles. The van der Waals surface area contributed by atoms with Gasteiger partial charge in [-0.3, -0.25) is 14.4 Å². The molecule has 7 nitrogen and oxygen atoms in total. The van der Waals surface area contributed by atoms with Crippen LogP contribution >= 0.6 is 17.0 Å². The number of aliphatic hydroxyl groups is 2. The van der Waals surface area contributed by atoms with E-state index in [1.54, 1.807) is 14.2 Å². The Balaban J connectivity index is 0.000000247. The number of carbonyl (C=O) groups excluding carboxylic acids is 2. The van der Waals surface area contributed by atoms with Crippen molar-refractivity contribution in [3.05, 3.63) is 78.7 Å². The van der Waals surface area contributed by atoms with Crippen LogP contribution in [0.25, 0.3) is 0 Å². The second kappa shape index (κ2) is 24.9. The van der Waals surface area contributed by atoms with E-state index in [1.165, 1.54) is 101 Å². The van der Waals surface area contributed by atoms with Gasteiger partial charge in [0.15, 0.2) is 0 Å². The molecule has 11 rings (SSSR count). The quantitative estimate of drug-likeness (QED) is 0.176. The third-order valence-corrected chi connectivity index (χ3v) is 22.1. The minimum atomic E-state index is -0.462. The molecule has 2 aromatic carbocycles. The Hall–Kier alpha value is -1.46. The number of fused-ring (bicyclic) bond motifs is 10. The molecule has 9 fully saturated rings. The maximum atomic E-state index is 13.4. The largest absolute Gasteiger partial charge is 2.00 e. The standard InChI is InChI=1S/C28H40O2.C23H39NO3.C7H7.C4H8O.CH4.BrH.Mg.H/c1-26(30)15-16-27(2)20(18-26)9-10-21-22-11-12-24(28(22,3)14-13-23(21)27)25(29)17-19-7-5-4-6-8-19;1-21(26)12-13-22(2)15(14-21)6-7-16-17-8-9-19(20(25)24(4)27-5)23(17,3)11-10-18(16)22;1-7-5-3-2-4-6-7;1-2-4-5-3-1;;;;/h4-8,20-24,30H,9-18H2,1-3H3;15-19,26H,6-14H2,1-5H3;2-6H,1H2;1-4H2;1H4;1H;;/q;;-1;;;;+2;-1/t20-,21+,22+,23+,24-,26-,27+,28+;15-,16-,17-,18-,19+,21+,22-,23-;;;;;;/m10....../s1. The van der Waals surface area contributed by atoms with Crippen LogP contribution in [0.3, 0.4) is 0 Å². The molecule has 1 amide bonds. The summed E-state index contributed by atoms with van der Waals surface area (Å²) in [7, 11) is 3.34. The van der Waals surface area contributed by atoms with E-state index in [0.717, 1.165) is 86.9 Å². The van der Waals surface area contributed by atoms with Gasteiger partial charge in [-0.05, 0) is 217 Å². The average Bonchev–Trinajstić information content (AvgIpc) is 4.10. The van der Waals surface area contributed by atoms with Gasteiger partial charge in [0.2, 0.25) is 5.91 Å². The Morgan fingerprint density at radius 3 is 1.47 bits per heavy atom. The van der Waals surface area contributed by atoms with Crippen molar-refractivity contribution < 1.29 is 30.8 Å². The van der Waals surface area contributed by atoms with Crippen LogP contribution in [0.1, 0.15) is 190 Å². The molecule has 0 aromatic heterocycles. The van der Waals surface area contributed by atoms with Crippen molar-refractivity contribution in [3.63, 3.8) is 0 Å². The van der Waals surface area contributed by atoms with Gasteiger partial charge in [0.1, 0.15) is 5.78 Å². The summed E-state index contributed by atoms with van der Waals surface area (Å²) >= 11 is 0. The summed E-state index contributed by atoms with van der Waals surface area (Å²) in [5.41, 5.74) is 2.45. The smallest absolute Gasteiger partial charge is 1.00 e. The first-order valence-electron chi connectivity index (χ1n) is 28.0. The Morgan fingerprint density at radius 1 is 0.625 bits per heavy atom. The number of Topliss-reactive ketones (excluding diaryl/α,β-unsaturated/α-hetero) is 1. The van der Waals surface area contributed by atoms with E-state index in [0.29, 0.717) is 40.8 Å². The first kappa shape index (κ1) is 61.4. The number of hydroxylamine groups is 2. The fraction of sp³-hybridized carbons (Fsp3) is 0.762. The van der Waals surface area contributed by atoms with Gasteiger partial charge in [-0.15, -0.1) is 29.1 Å². The summed E-state index contributed by atoms with van der Waals surface area (Å²) in [4.78, 5) is 31.5. The number of ether oxygens (including phenoxy) is 1. The van der Waals surface area contributed by atoms with Crippen molar-refractivity contribution in [2.75, 3.05) is 27.4 Å². The number of hydrogen-bond acceptors (Lipinski definition) is 6. The van der Waals surface area contributed by atoms with Crippen LogP contribution in [-0.2, 0) is 25.6 Å². The van der Waals surface area contributed by atoms with Crippen molar-refractivity contribution >= 4 is 51.7 Å². The molecule has 1 aliphatic heterocycles. The van der Waals surface area contributed by atoms with Gasteiger partial charge < -0.3 is 16.4 Å². The van der Waals surface area contributed by atoms with Crippen molar-refractivity contribution in [1.82, 2.24) is 5.06 Å². The molecule has 0 bridgehead atoms. The van der Waals surface area contributed by atoms with Crippen LogP contribution in [0.15, 0.2) is 60.7 Å². The second-order valence-electron chi connectivity index (χ2n) is 26.0. The van der Waals surface area contributed by atoms with Gasteiger partial charge in [-0.1, -0.05) is 71.5 Å². The fourth-order valence-electron chi connectivity index (χ4n) is 18.0. The number of halogens is 1. The zero-order valence-corrected chi connectivity index (χ0v) is 48.7. The van der Waals surface area contributed by atoms with Gasteiger partial charge in [-0.25, -0.2) is 5.06 Å². The number of nitrogens with zero attached hydrogens (tertiary/aromatic N) is 1. The maximum absolute atomic E-state index is 13.4. The average molecular weight is 1070 g/mol. The van der Waals surface area contributed by atoms with Gasteiger partial charge in [0.05, 0.1) is 18.3 Å². The van der Waals surface area contributed by atoms with Crippen LogP contribution in [-0.4, -0.2) is 88.6 Å². The SMILES string of the molecule is Br.C.C1CCOC1.CON(C)C(=O)[C@H]1CC[C@H]2[C@@H]3CC[C@H]4C[C@](C)(O)CC[C@]4(C)[C@H]3CC[C@]12C.C[C@@]1(O)CC[C@@]2(C)[C@H](CC[C@@H]3[C@@H]2CC[C@]2(C)[C@@H](C(=O)Cc4ccccc4)CC[C@@H]32)C1.[CH2-]c1ccccc1.[H-].[Mg+2]. The number of ketones is 1. The molecule has 9 aliphatic rings. The minimum Gasteiger partial charge on any atom is -1.00 e. The van der Waals surface area contributed by atoms with E-state index in [9.17, 15) is 19.8 Å². The summed E-state index contributed by atoms with van der Waals surface area (Å²) in [6, 6.07) is 20.2. The molecule has 9 heteroatoms. The zero-order chi connectivity index (χ0) is 49.4. The summed E-state index contributed by atoms with van der Waals surface area (Å²) < 4.78 is 4.94. The number of amides is 1. The predicted molar refractivity (Wildman–Crippen MR) is 301 cm³/mol. The third kappa shape index (κ3) is 12.6. The van der Waals surface area contributed by atoms with E-state index in [4.69, 9.17) is 9.57 Å². The molecule has 72 heavy (non-hydrogen) atoms. The van der Waals surface area contributed by atoms with Crippen molar-refractivity contribution in [3.8, 4) is 0 Å². The van der Waals surface area contributed by atoms with Crippen LogP contribution in [0.5, 0.6) is 0 Å². The van der Waals surface area contributed by atoms with Crippen molar-refractivity contribution in [2.24, 2.45) is 80.8 Å². The van der Waals surface area contributed by atoms with Gasteiger partial charge in [0, 0.05) is 38.5 Å². The van der Waals surface area contributed by atoms with Crippen LogP contribution < -0.4 is 0 Å². The summed E-state index contributed by atoms with van der Waals surface area (Å²) in [5, 5.41) is 22.8. The Morgan fingerprint density at radius 2 is 1.06 bits per heavy atom. The molecule has 0 unspecified atom stereocenters. The van der Waals surface area contributed by atoms with E-state index < -0.39 is 11.2 Å². The first-order valence-corrected chi connectivity index (χ1v) is 28.0. The van der Waals surface area contributed by atoms with Gasteiger partial charge >= 0.3 is 23.1 Å². The van der Waals surface area contributed by atoms with Crippen LogP contribution in [0.4, 0.5) is 0 Å². The Labute approximate surface area is 466 Å². The van der Waals surface area contributed by atoms with Gasteiger partial charge in [-0.2, -0.15) is 24.6 Å².